The van der Waals surface area contributed by atoms with Crippen LogP contribution in [-0.2, 0) is 0 Å². The summed E-state index contributed by atoms with van der Waals surface area (Å²) in [6, 6.07) is 6.21. The topological polar surface area (TPSA) is 29.3 Å². The Morgan fingerprint density at radius 1 is 1.21 bits per heavy atom. The fraction of sp³-hybridized carbons (Fsp3) is 0.625. The predicted octanol–water partition coefficient (Wildman–Crippen LogP) is 4.62. The van der Waals surface area contributed by atoms with Gasteiger partial charge in [-0.3, -0.25) is 0 Å². The Morgan fingerprint density at radius 3 is 2.26 bits per heavy atom. The first-order valence-corrected chi connectivity index (χ1v) is 7.71. The Bertz CT molecular complexity index is 386. The van der Waals surface area contributed by atoms with Crippen molar-refractivity contribution in [2.24, 2.45) is 11.7 Å². The van der Waals surface area contributed by atoms with Crippen LogP contribution < -0.4 is 10.6 Å². The summed E-state index contributed by atoms with van der Waals surface area (Å²) in [5.41, 5.74) is 8.11. The van der Waals surface area contributed by atoms with Crippen LogP contribution >= 0.6 is 11.6 Å². The van der Waals surface area contributed by atoms with Crippen LogP contribution in [0.5, 0.6) is 0 Å². The Morgan fingerprint density at radius 2 is 1.84 bits per heavy atom. The van der Waals surface area contributed by atoms with Gasteiger partial charge in [0.1, 0.15) is 0 Å². The molecule has 108 valence electrons. The van der Waals surface area contributed by atoms with E-state index in [4.69, 9.17) is 17.3 Å². The highest BCUT2D eigenvalue weighted by atomic mass is 35.5. The van der Waals surface area contributed by atoms with E-state index in [-0.39, 0.29) is 6.04 Å². The van der Waals surface area contributed by atoms with Crippen LogP contribution in [0.15, 0.2) is 18.2 Å². The van der Waals surface area contributed by atoms with Gasteiger partial charge in [-0.25, -0.2) is 0 Å². The van der Waals surface area contributed by atoms with Crippen molar-refractivity contribution in [1.82, 2.24) is 0 Å². The van der Waals surface area contributed by atoms with Crippen molar-refractivity contribution in [3.05, 3.63) is 28.8 Å². The van der Waals surface area contributed by atoms with Crippen molar-refractivity contribution >= 4 is 17.3 Å². The molecule has 0 aliphatic carbocycles. The van der Waals surface area contributed by atoms with Crippen molar-refractivity contribution in [3.8, 4) is 0 Å². The number of nitrogens with zero attached hydrogens (tertiary/aromatic N) is 1. The number of benzene rings is 1. The smallest absolute Gasteiger partial charge is 0.0642 e. The third-order valence-electron chi connectivity index (χ3n) is 3.85. The second kappa shape index (κ2) is 7.76. The molecule has 2 nitrogen and oxygen atoms in total. The first kappa shape index (κ1) is 16.3. The highest BCUT2D eigenvalue weighted by molar-refractivity contribution is 6.33. The molecule has 1 aromatic rings. The molecule has 0 bridgehead atoms. The lowest BCUT2D eigenvalue weighted by Crippen LogP contribution is -2.29. The van der Waals surface area contributed by atoms with Gasteiger partial charge in [0.05, 0.1) is 10.7 Å². The van der Waals surface area contributed by atoms with Crippen molar-refractivity contribution in [1.29, 1.82) is 0 Å². The Kier molecular flexibility index (Phi) is 6.67. The quantitative estimate of drug-likeness (QED) is 0.790. The molecule has 0 saturated heterocycles. The lowest BCUT2D eigenvalue weighted by atomic mass is 10.0. The molecule has 1 rings (SSSR count). The van der Waals surface area contributed by atoms with E-state index in [2.05, 4.69) is 37.8 Å². The fourth-order valence-corrected chi connectivity index (χ4v) is 2.63. The lowest BCUT2D eigenvalue weighted by Gasteiger charge is -2.28. The largest absolute Gasteiger partial charge is 0.370 e. The average Bonchev–Trinajstić information content (AvgIpc) is 2.41. The zero-order chi connectivity index (χ0) is 14.4. The zero-order valence-electron chi connectivity index (χ0n) is 12.6. The Labute approximate surface area is 122 Å². The fourth-order valence-electron chi connectivity index (χ4n) is 2.32. The van der Waals surface area contributed by atoms with E-state index in [1.165, 1.54) is 12.8 Å². The van der Waals surface area contributed by atoms with Crippen LogP contribution in [0, 0.1) is 5.92 Å². The van der Waals surface area contributed by atoms with Gasteiger partial charge in [0.25, 0.3) is 0 Å². The van der Waals surface area contributed by atoms with Gasteiger partial charge in [0.15, 0.2) is 0 Å². The number of hydrogen-bond acceptors (Lipinski definition) is 2. The Hall–Kier alpha value is -0.730. The van der Waals surface area contributed by atoms with E-state index in [0.29, 0.717) is 0 Å². The predicted molar refractivity (Wildman–Crippen MR) is 86.0 cm³/mol. The molecule has 0 unspecified atom stereocenters. The van der Waals surface area contributed by atoms with E-state index in [0.717, 1.165) is 35.3 Å². The average molecular weight is 283 g/mol. The molecule has 0 aromatic heterocycles. The molecule has 19 heavy (non-hydrogen) atoms. The van der Waals surface area contributed by atoms with Gasteiger partial charge in [-0.1, -0.05) is 44.4 Å². The SMILES string of the molecule is CCC(CC)CN(CC)c1ccc([C@@H](C)N)cc1Cl. The summed E-state index contributed by atoms with van der Waals surface area (Å²) in [6.07, 6.45) is 2.42. The molecule has 1 atom stereocenters. The molecular formula is C16H27ClN2. The van der Waals surface area contributed by atoms with Crippen molar-refractivity contribution in [2.75, 3.05) is 18.0 Å². The first-order valence-electron chi connectivity index (χ1n) is 7.33. The second-order valence-corrected chi connectivity index (χ2v) is 5.63. The van der Waals surface area contributed by atoms with Crippen molar-refractivity contribution in [3.63, 3.8) is 0 Å². The van der Waals surface area contributed by atoms with Gasteiger partial charge < -0.3 is 10.6 Å². The van der Waals surface area contributed by atoms with Gasteiger partial charge in [-0.05, 0) is 37.5 Å². The highest BCUT2D eigenvalue weighted by Gasteiger charge is 2.14. The van der Waals surface area contributed by atoms with Gasteiger partial charge in [0, 0.05) is 19.1 Å². The van der Waals surface area contributed by atoms with E-state index < -0.39 is 0 Å². The summed E-state index contributed by atoms with van der Waals surface area (Å²) in [5, 5.41) is 0.808. The first-order chi connectivity index (χ1) is 9.03. The van der Waals surface area contributed by atoms with Gasteiger partial charge in [0.2, 0.25) is 0 Å². The molecule has 0 fully saturated rings. The van der Waals surface area contributed by atoms with Crippen LogP contribution in [0.2, 0.25) is 5.02 Å². The summed E-state index contributed by atoms with van der Waals surface area (Å²) in [5.74, 6) is 0.726. The molecule has 0 heterocycles. The van der Waals surface area contributed by atoms with Crippen molar-refractivity contribution in [2.45, 2.75) is 46.6 Å². The summed E-state index contributed by atoms with van der Waals surface area (Å²) in [6.45, 7) is 10.7. The molecule has 1 aromatic carbocycles. The maximum absolute atomic E-state index is 6.42. The Balaban J connectivity index is 2.92. The molecule has 0 spiro atoms. The minimum absolute atomic E-state index is 0.0284. The van der Waals surface area contributed by atoms with E-state index in [1.807, 2.05) is 13.0 Å². The monoisotopic (exact) mass is 282 g/mol. The van der Waals surface area contributed by atoms with Crippen LogP contribution in [-0.4, -0.2) is 13.1 Å². The number of rotatable bonds is 7. The number of halogens is 1. The molecule has 0 radical (unpaired) electrons. The minimum Gasteiger partial charge on any atom is -0.370 e. The summed E-state index contributed by atoms with van der Waals surface area (Å²) in [7, 11) is 0. The summed E-state index contributed by atoms with van der Waals surface area (Å²) < 4.78 is 0. The van der Waals surface area contributed by atoms with Crippen LogP contribution in [0.25, 0.3) is 0 Å². The molecule has 0 aliphatic rings. The van der Waals surface area contributed by atoms with Gasteiger partial charge in [-0.2, -0.15) is 0 Å². The summed E-state index contributed by atoms with van der Waals surface area (Å²) >= 11 is 6.42. The normalized spacial score (nSPS) is 12.8. The maximum atomic E-state index is 6.42. The lowest BCUT2D eigenvalue weighted by molar-refractivity contribution is 0.486. The molecule has 3 heteroatoms. The molecular weight excluding hydrogens is 256 g/mol. The molecule has 0 aliphatic heterocycles. The number of nitrogens with two attached hydrogens (primary N) is 1. The molecule has 2 N–H and O–H groups in total. The number of hydrogen-bond donors (Lipinski definition) is 1. The van der Waals surface area contributed by atoms with Crippen LogP contribution in [0.1, 0.15) is 52.1 Å². The van der Waals surface area contributed by atoms with Crippen LogP contribution in [0.3, 0.4) is 0 Å². The van der Waals surface area contributed by atoms with Gasteiger partial charge >= 0.3 is 0 Å². The van der Waals surface area contributed by atoms with E-state index in [1.54, 1.807) is 0 Å². The third-order valence-corrected chi connectivity index (χ3v) is 4.16. The molecule has 0 saturated carbocycles. The zero-order valence-corrected chi connectivity index (χ0v) is 13.4. The third kappa shape index (κ3) is 4.39. The molecule has 0 amide bonds. The standard InChI is InChI=1S/C16H27ClN2/c1-5-13(6-2)11-19(7-3)16-9-8-14(12(4)18)10-15(16)17/h8-10,12-13H,5-7,11,18H2,1-4H3/t12-/m1/s1. The maximum Gasteiger partial charge on any atom is 0.0642 e. The van der Waals surface area contributed by atoms with E-state index >= 15 is 0 Å². The van der Waals surface area contributed by atoms with Crippen LogP contribution in [0.4, 0.5) is 5.69 Å². The van der Waals surface area contributed by atoms with Gasteiger partial charge in [-0.15, -0.1) is 0 Å². The summed E-state index contributed by atoms with van der Waals surface area (Å²) in [4.78, 5) is 2.37. The highest BCUT2D eigenvalue weighted by Crippen LogP contribution is 2.29. The van der Waals surface area contributed by atoms with Crippen molar-refractivity contribution < 1.29 is 0 Å². The number of anilines is 1. The second-order valence-electron chi connectivity index (χ2n) is 5.22. The minimum atomic E-state index is 0.0284. The van der Waals surface area contributed by atoms with E-state index in [9.17, 15) is 0 Å².